The van der Waals surface area contributed by atoms with Crippen molar-refractivity contribution in [3.63, 3.8) is 0 Å². The highest BCUT2D eigenvalue weighted by atomic mass is 19.4. The van der Waals surface area contributed by atoms with Crippen LogP contribution in [0.3, 0.4) is 0 Å². The fraction of sp³-hybridized carbons (Fsp3) is 0.370. The number of benzene rings is 1. The van der Waals surface area contributed by atoms with Gasteiger partial charge in [-0.15, -0.1) is 0 Å². The zero-order valence-electron chi connectivity index (χ0n) is 20.5. The van der Waals surface area contributed by atoms with Crippen molar-refractivity contribution in [3.8, 4) is 11.4 Å². The van der Waals surface area contributed by atoms with Gasteiger partial charge in [-0.25, -0.2) is 15.0 Å². The molecule has 0 spiro atoms. The molecule has 1 aliphatic carbocycles. The third-order valence-electron chi connectivity index (χ3n) is 6.58. The van der Waals surface area contributed by atoms with Gasteiger partial charge in [-0.1, -0.05) is 31.4 Å². The van der Waals surface area contributed by atoms with Gasteiger partial charge in [-0.05, 0) is 43.0 Å². The van der Waals surface area contributed by atoms with Crippen LogP contribution in [0, 0.1) is 5.92 Å². The van der Waals surface area contributed by atoms with Gasteiger partial charge in [0.05, 0.1) is 23.6 Å². The van der Waals surface area contributed by atoms with Crippen molar-refractivity contribution in [2.45, 2.75) is 50.7 Å². The van der Waals surface area contributed by atoms with Crippen molar-refractivity contribution < 1.29 is 27.9 Å². The van der Waals surface area contributed by atoms with Gasteiger partial charge in [0.2, 0.25) is 0 Å². The summed E-state index contributed by atoms with van der Waals surface area (Å²) in [5.41, 5.74) is 0.922. The van der Waals surface area contributed by atoms with Gasteiger partial charge in [-0.3, -0.25) is 9.59 Å². The molecule has 0 aliphatic heterocycles. The summed E-state index contributed by atoms with van der Waals surface area (Å²) in [5.74, 6) is -0.185. The van der Waals surface area contributed by atoms with Crippen LogP contribution >= 0.6 is 0 Å². The number of alkyl halides is 3. The normalized spacial score (nSPS) is 15.0. The molecule has 8 nitrogen and oxygen atoms in total. The minimum absolute atomic E-state index is 0.0282. The van der Waals surface area contributed by atoms with Crippen molar-refractivity contribution >= 4 is 17.7 Å². The molecule has 38 heavy (non-hydrogen) atoms. The molecule has 1 atom stereocenters. The second-order valence-corrected chi connectivity index (χ2v) is 9.27. The van der Waals surface area contributed by atoms with E-state index in [9.17, 15) is 22.8 Å². The number of carbonyl (C=O) groups is 2. The van der Waals surface area contributed by atoms with Gasteiger partial charge in [0, 0.05) is 36.3 Å². The van der Waals surface area contributed by atoms with Gasteiger partial charge >= 0.3 is 12.1 Å². The molecule has 0 bridgehead atoms. The predicted octanol–water partition coefficient (Wildman–Crippen LogP) is 5.50. The van der Waals surface area contributed by atoms with Gasteiger partial charge in [0.15, 0.2) is 5.82 Å². The number of rotatable bonds is 9. The molecule has 200 valence electrons. The van der Waals surface area contributed by atoms with Crippen LogP contribution < -0.4 is 10.6 Å². The molecule has 0 radical (unpaired) electrons. The molecule has 4 rings (SSSR count). The largest absolute Gasteiger partial charge is 0.481 e. The molecule has 0 saturated heterocycles. The average molecular weight is 528 g/mol. The molecular formula is C27H28F3N5O3. The monoisotopic (exact) mass is 527 g/mol. The summed E-state index contributed by atoms with van der Waals surface area (Å²) in [6.45, 7) is 0.0282. The second kappa shape index (κ2) is 12.0. The van der Waals surface area contributed by atoms with E-state index in [1.165, 1.54) is 24.8 Å². The molecule has 2 heterocycles. The number of carboxylic acid groups (broad SMARTS) is 1. The number of hydrogen-bond donors (Lipinski definition) is 3. The Morgan fingerprint density at radius 3 is 2.21 bits per heavy atom. The highest BCUT2D eigenvalue weighted by Crippen LogP contribution is 2.36. The number of nitrogens with zero attached hydrogens (tertiary/aromatic N) is 3. The van der Waals surface area contributed by atoms with Gasteiger partial charge < -0.3 is 15.7 Å². The van der Waals surface area contributed by atoms with Gasteiger partial charge in [0.1, 0.15) is 5.82 Å². The first kappa shape index (κ1) is 27.0. The van der Waals surface area contributed by atoms with Crippen LogP contribution in [0.2, 0.25) is 0 Å². The van der Waals surface area contributed by atoms with Crippen molar-refractivity contribution in [1.29, 1.82) is 0 Å². The van der Waals surface area contributed by atoms with E-state index >= 15 is 0 Å². The SMILES string of the molecule is O=C(O)CCNC(=O)c1ccc(NC(c2cnc(-c3ccc(C(F)(F)F)cc3)nc2)C2CCCCC2)nc1. The predicted molar refractivity (Wildman–Crippen MR) is 134 cm³/mol. The Morgan fingerprint density at radius 2 is 1.63 bits per heavy atom. The van der Waals surface area contributed by atoms with E-state index in [2.05, 4.69) is 25.6 Å². The van der Waals surface area contributed by atoms with Crippen LogP contribution in [0.15, 0.2) is 55.0 Å². The summed E-state index contributed by atoms with van der Waals surface area (Å²) in [7, 11) is 0. The molecular weight excluding hydrogens is 499 g/mol. The minimum Gasteiger partial charge on any atom is -0.481 e. The highest BCUT2D eigenvalue weighted by molar-refractivity contribution is 5.94. The summed E-state index contributed by atoms with van der Waals surface area (Å²) in [4.78, 5) is 36.1. The van der Waals surface area contributed by atoms with Crippen molar-refractivity contribution in [2.75, 3.05) is 11.9 Å². The first-order valence-corrected chi connectivity index (χ1v) is 12.4. The quantitative estimate of drug-likeness (QED) is 0.337. The second-order valence-electron chi connectivity index (χ2n) is 9.27. The number of pyridine rings is 1. The number of hydrogen-bond acceptors (Lipinski definition) is 6. The number of carboxylic acids is 1. The number of amides is 1. The summed E-state index contributed by atoms with van der Waals surface area (Å²) in [6, 6.07) is 7.92. The first-order valence-electron chi connectivity index (χ1n) is 12.4. The Kier molecular flexibility index (Phi) is 8.55. The molecule has 2 aromatic heterocycles. The van der Waals surface area contributed by atoms with E-state index in [4.69, 9.17) is 5.11 Å². The van der Waals surface area contributed by atoms with Crippen LogP contribution in [-0.4, -0.2) is 38.5 Å². The lowest BCUT2D eigenvalue weighted by Gasteiger charge is -2.31. The summed E-state index contributed by atoms with van der Waals surface area (Å²) in [6.07, 6.45) is 5.67. The van der Waals surface area contributed by atoms with Gasteiger partial charge in [-0.2, -0.15) is 13.2 Å². The lowest BCUT2D eigenvalue weighted by atomic mass is 9.81. The summed E-state index contributed by atoms with van der Waals surface area (Å²) < 4.78 is 38.6. The maximum atomic E-state index is 12.9. The van der Waals surface area contributed by atoms with Crippen molar-refractivity contribution in [1.82, 2.24) is 20.3 Å². The molecule has 1 saturated carbocycles. The van der Waals surface area contributed by atoms with E-state index in [1.807, 2.05) is 0 Å². The van der Waals surface area contributed by atoms with Gasteiger partial charge in [0.25, 0.3) is 5.91 Å². The minimum atomic E-state index is -4.40. The van der Waals surface area contributed by atoms with Crippen LogP contribution in [0.25, 0.3) is 11.4 Å². The Bertz CT molecular complexity index is 1230. The number of nitrogens with one attached hydrogen (secondary N) is 2. The Morgan fingerprint density at radius 1 is 0.947 bits per heavy atom. The van der Waals surface area contributed by atoms with E-state index < -0.39 is 23.6 Å². The first-order chi connectivity index (χ1) is 18.2. The summed E-state index contributed by atoms with van der Waals surface area (Å²) >= 11 is 0. The third-order valence-corrected chi connectivity index (χ3v) is 6.58. The smallest absolute Gasteiger partial charge is 0.416 e. The zero-order chi connectivity index (χ0) is 27.1. The fourth-order valence-corrected chi connectivity index (χ4v) is 4.55. The van der Waals surface area contributed by atoms with E-state index in [1.54, 1.807) is 24.5 Å². The third kappa shape index (κ3) is 7.05. The van der Waals surface area contributed by atoms with E-state index in [-0.39, 0.29) is 19.0 Å². The fourth-order valence-electron chi connectivity index (χ4n) is 4.55. The Balaban J connectivity index is 1.49. The summed E-state index contributed by atoms with van der Waals surface area (Å²) in [5, 5.41) is 14.7. The molecule has 1 amide bonds. The maximum absolute atomic E-state index is 12.9. The standard InChI is InChI=1S/C27H28F3N5O3/c28-27(29,30)21-9-6-18(7-10-21)25-33-15-20(16-34-25)24(17-4-2-1-3-5-17)35-22-11-8-19(14-32-22)26(38)31-13-12-23(36)37/h6-11,14-17,24H,1-5,12-13H2,(H,31,38)(H,32,35)(H,36,37). The molecule has 11 heteroatoms. The molecule has 1 aromatic carbocycles. The highest BCUT2D eigenvalue weighted by Gasteiger charge is 2.30. The number of aromatic nitrogens is 3. The lowest BCUT2D eigenvalue weighted by Crippen LogP contribution is -2.26. The number of aliphatic carboxylic acids is 1. The lowest BCUT2D eigenvalue weighted by molar-refractivity contribution is -0.138. The number of anilines is 1. The number of halogens is 3. The van der Waals surface area contributed by atoms with Crippen molar-refractivity contribution in [2.24, 2.45) is 5.92 Å². The van der Waals surface area contributed by atoms with E-state index in [0.29, 0.717) is 28.7 Å². The van der Waals surface area contributed by atoms with Crippen LogP contribution in [0.4, 0.5) is 19.0 Å². The topological polar surface area (TPSA) is 117 Å². The Hall–Kier alpha value is -4.02. The average Bonchev–Trinajstić information content (AvgIpc) is 2.92. The molecule has 1 unspecified atom stereocenters. The molecule has 1 aliphatic rings. The molecule has 1 fully saturated rings. The van der Waals surface area contributed by atoms with Crippen molar-refractivity contribution in [3.05, 3.63) is 71.7 Å². The zero-order valence-corrected chi connectivity index (χ0v) is 20.5. The molecule has 3 aromatic rings. The number of carbonyl (C=O) groups excluding carboxylic acids is 1. The molecule has 3 N–H and O–H groups in total. The van der Waals surface area contributed by atoms with E-state index in [0.717, 1.165) is 43.4 Å². The van der Waals surface area contributed by atoms with Crippen LogP contribution in [-0.2, 0) is 11.0 Å². The maximum Gasteiger partial charge on any atom is 0.416 e. The Labute approximate surface area is 217 Å². The van der Waals surface area contributed by atoms with Crippen LogP contribution in [0.5, 0.6) is 0 Å². The van der Waals surface area contributed by atoms with Crippen LogP contribution in [0.1, 0.15) is 66.1 Å².